The van der Waals surface area contributed by atoms with Crippen LogP contribution in [-0.4, -0.2) is 27.4 Å². The third-order valence-corrected chi connectivity index (χ3v) is 1.02. The summed E-state index contributed by atoms with van der Waals surface area (Å²) in [5.74, 6) is -1.27. The standard InChI is InChI=1S/C5H7N3O4S/c6-4(11)7-8(5(12)13)2-1-3(9)10/h1-2H,(H,9,10)(H,12,13)(H3,6,7,11). The van der Waals surface area contributed by atoms with Crippen LogP contribution in [0.3, 0.4) is 0 Å². The number of aliphatic carboxylic acids is 1. The van der Waals surface area contributed by atoms with Crippen molar-refractivity contribution in [2.75, 3.05) is 0 Å². The Kier molecular flexibility index (Phi) is 4.38. The summed E-state index contributed by atoms with van der Waals surface area (Å²) in [5, 5.41) is 7.85. The highest BCUT2D eigenvalue weighted by Gasteiger charge is 2.07. The van der Waals surface area contributed by atoms with Gasteiger partial charge in [0.25, 0.3) is 0 Å². The lowest BCUT2D eigenvalue weighted by Gasteiger charge is -2.13. The summed E-state index contributed by atoms with van der Waals surface area (Å²) >= 11 is 3.34. The molecule has 3 amide bonds. The summed E-state index contributed by atoms with van der Waals surface area (Å²) in [6, 6.07) is -1.00. The van der Waals surface area contributed by atoms with E-state index in [1.807, 2.05) is 5.43 Å². The van der Waals surface area contributed by atoms with Crippen molar-refractivity contribution < 1.29 is 19.5 Å². The van der Waals surface area contributed by atoms with Crippen LogP contribution in [0.4, 0.5) is 9.59 Å². The molecule has 0 aliphatic carbocycles. The van der Waals surface area contributed by atoms with Crippen molar-refractivity contribution in [3.63, 3.8) is 0 Å². The van der Waals surface area contributed by atoms with Crippen molar-refractivity contribution in [1.82, 2.24) is 10.4 Å². The molecule has 0 unspecified atom stereocenters. The number of nitrogens with two attached hydrogens (primary N) is 1. The smallest absolute Gasteiger partial charge is 0.331 e. The Morgan fingerprint density at radius 1 is 1.46 bits per heavy atom. The summed E-state index contributed by atoms with van der Waals surface area (Å²) in [4.78, 5) is 30.8. The Hall–Kier alpha value is -1.70. The first-order valence-electron chi connectivity index (χ1n) is 2.93. The van der Waals surface area contributed by atoms with E-state index in [9.17, 15) is 14.4 Å². The van der Waals surface area contributed by atoms with E-state index in [-0.39, 0.29) is 0 Å². The number of hydrogen-bond acceptors (Lipinski definition) is 3. The van der Waals surface area contributed by atoms with Crippen LogP contribution in [0.5, 0.6) is 0 Å². The number of urea groups is 1. The van der Waals surface area contributed by atoms with Crippen LogP contribution in [0.1, 0.15) is 0 Å². The largest absolute Gasteiger partial charge is 0.478 e. The molecule has 7 nitrogen and oxygen atoms in total. The van der Waals surface area contributed by atoms with Crippen LogP contribution in [0.15, 0.2) is 12.3 Å². The van der Waals surface area contributed by atoms with Gasteiger partial charge in [0.05, 0.1) is 0 Å². The molecule has 0 aromatic heterocycles. The average molecular weight is 205 g/mol. The van der Waals surface area contributed by atoms with Gasteiger partial charge in [0.1, 0.15) is 0 Å². The van der Waals surface area contributed by atoms with E-state index in [4.69, 9.17) is 5.11 Å². The molecule has 0 aliphatic heterocycles. The molecule has 0 saturated carbocycles. The molecular weight excluding hydrogens is 198 g/mol. The normalized spacial score (nSPS) is 9.62. The molecule has 0 heterocycles. The number of amides is 3. The topological polar surface area (TPSA) is 113 Å². The van der Waals surface area contributed by atoms with Gasteiger partial charge in [-0.15, -0.1) is 0 Å². The van der Waals surface area contributed by atoms with Gasteiger partial charge in [0, 0.05) is 12.3 Å². The molecule has 13 heavy (non-hydrogen) atoms. The number of rotatable bonds is 2. The Morgan fingerprint density at radius 2 is 2.00 bits per heavy atom. The molecule has 0 aromatic rings. The molecule has 0 aliphatic rings. The van der Waals surface area contributed by atoms with E-state index in [1.54, 1.807) is 0 Å². The van der Waals surface area contributed by atoms with Gasteiger partial charge >= 0.3 is 17.2 Å². The Labute approximate surface area is 78.6 Å². The van der Waals surface area contributed by atoms with Gasteiger partial charge < -0.3 is 10.8 Å². The molecule has 0 saturated heterocycles. The second-order valence-corrected chi connectivity index (χ2v) is 2.17. The van der Waals surface area contributed by atoms with Gasteiger partial charge in [0.15, 0.2) is 0 Å². The zero-order valence-corrected chi connectivity index (χ0v) is 7.19. The predicted molar refractivity (Wildman–Crippen MR) is 45.7 cm³/mol. The number of hydrazine groups is 1. The first kappa shape index (κ1) is 11.3. The summed E-state index contributed by atoms with van der Waals surface area (Å²) < 4.78 is 0. The second-order valence-electron chi connectivity index (χ2n) is 1.78. The maximum atomic E-state index is 10.6. The highest BCUT2D eigenvalue weighted by Crippen LogP contribution is 1.92. The van der Waals surface area contributed by atoms with E-state index in [0.29, 0.717) is 11.1 Å². The number of nitrogens with zero attached hydrogens (tertiary/aromatic N) is 1. The lowest BCUT2D eigenvalue weighted by molar-refractivity contribution is -0.131. The zero-order chi connectivity index (χ0) is 10.4. The lowest BCUT2D eigenvalue weighted by Crippen LogP contribution is -2.43. The predicted octanol–water partition coefficient (Wildman–Crippen LogP) is -0.480. The second kappa shape index (κ2) is 5.04. The maximum Gasteiger partial charge on any atom is 0.331 e. The third-order valence-electron chi connectivity index (χ3n) is 0.803. The van der Waals surface area contributed by atoms with E-state index < -0.39 is 17.2 Å². The minimum Gasteiger partial charge on any atom is -0.478 e. The fourth-order valence-corrected chi connectivity index (χ4v) is 0.523. The lowest BCUT2D eigenvalue weighted by atomic mass is 10.6. The Balaban J connectivity index is 4.35. The molecule has 0 fully saturated rings. The number of nitrogens with one attached hydrogen (secondary N) is 1. The van der Waals surface area contributed by atoms with Crippen LogP contribution >= 0.6 is 12.6 Å². The summed E-state index contributed by atoms with van der Waals surface area (Å²) in [5.41, 5.74) is 6.51. The van der Waals surface area contributed by atoms with E-state index in [1.165, 1.54) is 0 Å². The molecule has 8 heteroatoms. The molecule has 72 valence electrons. The van der Waals surface area contributed by atoms with Crippen LogP contribution in [0.2, 0.25) is 0 Å². The van der Waals surface area contributed by atoms with Crippen molar-refractivity contribution in [3.05, 3.63) is 12.3 Å². The molecule has 4 N–H and O–H groups in total. The minimum absolute atomic E-state index is 0.527. The van der Waals surface area contributed by atoms with Crippen molar-refractivity contribution in [1.29, 1.82) is 0 Å². The first-order chi connectivity index (χ1) is 5.93. The molecule has 0 aromatic carbocycles. The van der Waals surface area contributed by atoms with Crippen molar-refractivity contribution in [3.8, 4) is 0 Å². The SMILES string of the molecule is NC(=O)NN(C=CC(=O)O)C(=O)S. The first-order valence-corrected chi connectivity index (χ1v) is 3.37. The summed E-state index contributed by atoms with van der Waals surface area (Å²) in [7, 11) is 0. The quantitative estimate of drug-likeness (QED) is 0.277. The molecule has 0 atom stereocenters. The summed E-state index contributed by atoms with van der Waals surface area (Å²) in [6.45, 7) is 0. The van der Waals surface area contributed by atoms with Gasteiger partial charge in [-0.05, 0) is 0 Å². The van der Waals surface area contributed by atoms with Gasteiger partial charge in [-0.2, -0.15) is 0 Å². The highest BCUT2D eigenvalue weighted by atomic mass is 32.1. The van der Waals surface area contributed by atoms with E-state index in [0.717, 1.165) is 6.20 Å². The average Bonchev–Trinajstić information content (AvgIpc) is 1.96. The monoisotopic (exact) mass is 205 g/mol. The molecular formula is C5H7N3O4S. The summed E-state index contributed by atoms with van der Waals surface area (Å²) in [6.07, 6.45) is 1.45. The fraction of sp³-hybridized carbons (Fsp3) is 0. The Bertz CT molecular complexity index is 265. The molecule has 0 bridgehead atoms. The van der Waals surface area contributed by atoms with Gasteiger partial charge in [0.2, 0.25) is 0 Å². The maximum absolute atomic E-state index is 10.6. The molecule has 0 spiro atoms. The number of hydrogen-bond donors (Lipinski definition) is 4. The minimum atomic E-state index is -1.27. The van der Waals surface area contributed by atoms with Crippen LogP contribution < -0.4 is 11.2 Å². The van der Waals surface area contributed by atoms with Crippen LogP contribution in [0, 0.1) is 0 Å². The van der Waals surface area contributed by atoms with E-state index >= 15 is 0 Å². The number of carbonyl (C=O) groups excluding carboxylic acids is 2. The number of carbonyl (C=O) groups is 3. The van der Waals surface area contributed by atoms with Gasteiger partial charge in [-0.1, -0.05) is 12.6 Å². The highest BCUT2D eigenvalue weighted by molar-refractivity contribution is 7.96. The number of primary amides is 1. The number of carboxylic acid groups (broad SMARTS) is 1. The van der Waals surface area contributed by atoms with Crippen LogP contribution in [-0.2, 0) is 4.79 Å². The number of thiol groups is 1. The van der Waals surface area contributed by atoms with Gasteiger partial charge in [-0.25, -0.2) is 20.0 Å². The zero-order valence-electron chi connectivity index (χ0n) is 6.30. The molecule has 0 radical (unpaired) electrons. The Morgan fingerprint density at radius 3 is 2.31 bits per heavy atom. The van der Waals surface area contributed by atoms with Crippen molar-refractivity contribution in [2.45, 2.75) is 0 Å². The third kappa shape index (κ3) is 5.56. The fourth-order valence-electron chi connectivity index (χ4n) is 0.406. The van der Waals surface area contributed by atoms with Crippen molar-refractivity contribution >= 4 is 29.9 Å². The van der Waals surface area contributed by atoms with Crippen LogP contribution in [0.25, 0.3) is 0 Å². The number of carboxylic acids is 1. The molecule has 0 rings (SSSR count). The van der Waals surface area contributed by atoms with Crippen molar-refractivity contribution in [2.24, 2.45) is 5.73 Å². The van der Waals surface area contributed by atoms with Gasteiger partial charge in [-0.3, -0.25) is 4.79 Å². The van der Waals surface area contributed by atoms with E-state index in [2.05, 4.69) is 18.4 Å².